The minimum atomic E-state index is 0.299. The molecule has 0 radical (unpaired) electrons. The highest BCUT2D eigenvalue weighted by Crippen LogP contribution is 2.18. The summed E-state index contributed by atoms with van der Waals surface area (Å²) in [6, 6.07) is 14.4. The molecular formula is C19H25N3OS. The average molecular weight is 343 g/mol. The summed E-state index contributed by atoms with van der Waals surface area (Å²) in [5, 5.41) is 5.61. The first kappa shape index (κ1) is 16.8. The fraction of sp³-hybridized carbons (Fsp3) is 0.421. The van der Waals surface area contributed by atoms with Crippen LogP contribution in [0.1, 0.15) is 17.7 Å². The summed E-state index contributed by atoms with van der Waals surface area (Å²) in [6.45, 7) is 2.89. The van der Waals surface area contributed by atoms with Crippen LogP contribution in [0.4, 0.5) is 0 Å². The van der Waals surface area contributed by atoms with Gasteiger partial charge in [0.2, 0.25) is 0 Å². The van der Waals surface area contributed by atoms with Gasteiger partial charge in [-0.25, -0.2) is 0 Å². The van der Waals surface area contributed by atoms with Crippen LogP contribution in [0.5, 0.6) is 5.75 Å². The van der Waals surface area contributed by atoms with Crippen LogP contribution >= 0.6 is 11.3 Å². The first-order valence-corrected chi connectivity index (χ1v) is 9.43. The van der Waals surface area contributed by atoms with E-state index in [2.05, 4.69) is 32.7 Å². The molecule has 1 aromatic carbocycles. The van der Waals surface area contributed by atoms with Crippen LogP contribution in [0.3, 0.4) is 0 Å². The van der Waals surface area contributed by atoms with E-state index in [1.165, 1.54) is 4.88 Å². The summed E-state index contributed by atoms with van der Waals surface area (Å²) < 4.78 is 6.06. The van der Waals surface area contributed by atoms with Crippen LogP contribution < -0.4 is 10.1 Å². The zero-order valence-corrected chi connectivity index (χ0v) is 15.0. The summed E-state index contributed by atoms with van der Waals surface area (Å²) in [5.74, 6) is 1.97. The van der Waals surface area contributed by atoms with Crippen LogP contribution in [0.25, 0.3) is 0 Å². The molecule has 24 heavy (non-hydrogen) atoms. The van der Waals surface area contributed by atoms with Gasteiger partial charge in [0.05, 0.1) is 0 Å². The first-order valence-electron chi connectivity index (χ1n) is 8.55. The summed E-state index contributed by atoms with van der Waals surface area (Å²) >= 11 is 1.81. The number of nitrogens with zero attached hydrogens (tertiary/aromatic N) is 2. The molecule has 2 aromatic rings. The Morgan fingerprint density at radius 1 is 1.21 bits per heavy atom. The standard InChI is InChI=1S/C19H25N3OS/c1-20-19(21-12-9-18-8-5-15-24-18)22-13-10-17(11-14-22)23-16-6-3-2-4-7-16/h2-8,15,17H,9-14H2,1H3,(H,20,21). The highest BCUT2D eigenvalue weighted by Gasteiger charge is 2.22. The molecule has 0 unspecified atom stereocenters. The van der Waals surface area contributed by atoms with Crippen molar-refractivity contribution >= 4 is 17.3 Å². The molecule has 0 amide bonds. The first-order chi connectivity index (χ1) is 11.8. The third-order valence-corrected chi connectivity index (χ3v) is 5.17. The largest absolute Gasteiger partial charge is 0.490 e. The number of thiophene rings is 1. The minimum Gasteiger partial charge on any atom is -0.490 e. The Labute approximate surface area is 148 Å². The molecule has 3 rings (SSSR count). The third-order valence-electron chi connectivity index (χ3n) is 4.23. The molecule has 5 heteroatoms. The van der Waals surface area contributed by atoms with Crippen molar-refractivity contribution < 1.29 is 4.74 Å². The van der Waals surface area contributed by atoms with Gasteiger partial charge in [0.1, 0.15) is 11.9 Å². The predicted molar refractivity (Wildman–Crippen MR) is 101 cm³/mol. The third kappa shape index (κ3) is 4.74. The van der Waals surface area contributed by atoms with Gasteiger partial charge in [-0.2, -0.15) is 0 Å². The van der Waals surface area contributed by atoms with Gasteiger partial charge < -0.3 is 15.0 Å². The van der Waals surface area contributed by atoms with Crippen LogP contribution in [0.2, 0.25) is 0 Å². The fourth-order valence-electron chi connectivity index (χ4n) is 2.96. The summed E-state index contributed by atoms with van der Waals surface area (Å²) in [5.41, 5.74) is 0. The molecule has 128 valence electrons. The number of rotatable bonds is 5. The van der Waals surface area contributed by atoms with Crippen molar-refractivity contribution in [3.8, 4) is 5.75 Å². The van der Waals surface area contributed by atoms with Crippen molar-refractivity contribution in [2.45, 2.75) is 25.4 Å². The Balaban J connectivity index is 1.42. The van der Waals surface area contributed by atoms with E-state index in [9.17, 15) is 0 Å². The van der Waals surface area contributed by atoms with E-state index in [1.54, 1.807) is 0 Å². The van der Waals surface area contributed by atoms with E-state index in [0.717, 1.165) is 50.6 Å². The van der Waals surface area contributed by atoms with Gasteiger partial charge in [0.15, 0.2) is 5.96 Å². The Morgan fingerprint density at radius 2 is 2.00 bits per heavy atom. The van der Waals surface area contributed by atoms with Crippen molar-refractivity contribution in [3.63, 3.8) is 0 Å². The highest BCUT2D eigenvalue weighted by molar-refractivity contribution is 7.09. The van der Waals surface area contributed by atoms with Crippen molar-refractivity contribution in [3.05, 3.63) is 52.7 Å². The maximum absolute atomic E-state index is 6.06. The SMILES string of the molecule is CN=C(NCCc1cccs1)N1CCC(Oc2ccccc2)CC1. The van der Waals surface area contributed by atoms with Crippen molar-refractivity contribution in [2.75, 3.05) is 26.7 Å². The molecule has 0 bridgehead atoms. The van der Waals surface area contributed by atoms with Crippen LogP contribution in [-0.4, -0.2) is 43.6 Å². The van der Waals surface area contributed by atoms with Gasteiger partial charge in [-0.1, -0.05) is 24.3 Å². The van der Waals surface area contributed by atoms with E-state index >= 15 is 0 Å². The highest BCUT2D eigenvalue weighted by atomic mass is 32.1. The quantitative estimate of drug-likeness (QED) is 0.668. The van der Waals surface area contributed by atoms with Gasteiger partial charge >= 0.3 is 0 Å². The Kier molecular flexibility index (Phi) is 6.13. The number of para-hydroxylation sites is 1. The molecule has 1 saturated heterocycles. The van der Waals surface area contributed by atoms with E-state index < -0.39 is 0 Å². The Morgan fingerprint density at radius 3 is 2.67 bits per heavy atom. The van der Waals surface area contributed by atoms with Crippen LogP contribution in [0.15, 0.2) is 52.8 Å². The lowest BCUT2D eigenvalue weighted by Gasteiger charge is -2.34. The monoisotopic (exact) mass is 343 g/mol. The topological polar surface area (TPSA) is 36.9 Å². The number of likely N-dealkylation sites (tertiary alicyclic amines) is 1. The number of hydrogen-bond donors (Lipinski definition) is 1. The van der Waals surface area contributed by atoms with E-state index in [4.69, 9.17) is 4.74 Å². The maximum atomic E-state index is 6.06. The molecule has 0 saturated carbocycles. The molecule has 1 aromatic heterocycles. The summed E-state index contributed by atoms with van der Waals surface area (Å²) in [7, 11) is 1.86. The molecule has 2 heterocycles. The van der Waals surface area contributed by atoms with Gasteiger partial charge in [0.25, 0.3) is 0 Å². The van der Waals surface area contributed by atoms with Gasteiger partial charge in [-0.15, -0.1) is 11.3 Å². The zero-order chi connectivity index (χ0) is 16.6. The second-order valence-electron chi connectivity index (χ2n) is 5.92. The lowest BCUT2D eigenvalue weighted by Crippen LogP contribution is -2.47. The smallest absolute Gasteiger partial charge is 0.193 e. The normalized spacial score (nSPS) is 16.2. The van der Waals surface area contributed by atoms with Crippen molar-refractivity contribution in [1.82, 2.24) is 10.2 Å². The van der Waals surface area contributed by atoms with Crippen LogP contribution in [-0.2, 0) is 6.42 Å². The van der Waals surface area contributed by atoms with Gasteiger partial charge in [0, 0.05) is 44.4 Å². The lowest BCUT2D eigenvalue weighted by atomic mass is 10.1. The summed E-state index contributed by atoms with van der Waals surface area (Å²) in [4.78, 5) is 8.18. The Bertz CT molecular complexity index is 619. The second-order valence-corrected chi connectivity index (χ2v) is 6.95. The van der Waals surface area contributed by atoms with Crippen molar-refractivity contribution in [1.29, 1.82) is 0 Å². The molecule has 1 aliphatic heterocycles. The predicted octanol–water partition coefficient (Wildman–Crippen LogP) is 3.41. The molecule has 1 fully saturated rings. The summed E-state index contributed by atoms with van der Waals surface area (Å²) in [6.07, 6.45) is 3.40. The number of benzene rings is 1. The zero-order valence-electron chi connectivity index (χ0n) is 14.1. The maximum Gasteiger partial charge on any atom is 0.193 e. The number of aliphatic imine (C=N–C) groups is 1. The van der Waals surface area contributed by atoms with E-state index in [1.807, 2.05) is 48.7 Å². The Hall–Kier alpha value is -2.01. The average Bonchev–Trinajstić information content (AvgIpc) is 3.14. The molecule has 0 spiro atoms. The molecule has 1 N–H and O–H groups in total. The molecular weight excluding hydrogens is 318 g/mol. The van der Waals surface area contributed by atoms with Gasteiger partial charge in [-0.3, -0.25) is 4.99 Å². The number of nitrogens with one attached hydrogen (secondary N) is 1. The second kappa shape index (κ2) is 8.73. The van der Waals surface area contributed by atoms with Crippen LogP contribution in [0, 0.1) is 0 Å². The molecule has 4 nitrogen and oxygen atoms in total. The molecule has 0 atom stereocenters. The number of guanidine groups is 1. The molecule has 0 aliphatic carbocycles. The number of hydrogen-bond acceptors (Lipinski definition) is 3. The lowest BCUT2D eigenvalue weighted by molar-refractivity contribution is 0.129. The van der Waals surface area contributed by atoms with E-state index in [-0.39, 0.29) is 0 Å². The van der Waals surface area contributed by atoms with Crippen molar-refractivity contribution in [2.24, 2.45) is 4.99 Å². The molecule has 1 aliphatic rings. The fourth-order valence-corrected chi connectivity index (χ4v) is 3.67. The minimum absolute atomic E-state index is 0.299. The number of ether oxygens (including phenoxy) is 1. The number of piperidine rings is 1. The van der Waals surface area contributed by atoms with E-state index in [0.29, 0.717) is 6.10 Å². The van der Waals surface area contributed by atoms with Gasteiger partial charge in [-0.05, 0) is 30.0 Å².